The van der Waals surface area contributed by atoms with Gasteiger partial charge in [0.05, 0.1) is 11.6 Å². The molecule has 0 aromatic carbocycles. The molecule has 132 valence electrons. The summed E-state index contributed by atoms with van der Waals surface area (Å²) in [6, 6.07) is 0. The number of rotatable bonds is 4. The highest BCUT2D eigenvalue weighted by Gasteiger charge is 2.26. The third-order valence-corrected chi connectivity index (χ3v) is 3.66. The van der Waals surface area contributed by atoms with Gasteiger partial charge in [-0.15, -0.1) is 0 Å². The smallest absolute Gasteiger partial charge is 0.416 e. The fourth-order valence-corrected chi connectivity index (χ4v) is 2.05. The molecule has 1 aromatic heterocycles. The van der Waals surface area contributed by atoms with Crippen molar-refractivity contribution < 1.29 is 19.1 Å². The Morgan fingerprint density at radius 3 is 2.54 bits per heavy atom. The molecule has 1 amide bonds. The predicted molar refractivity (Wildman–Crippen MR) is 93.9 cm³/mol. The number of halogens is 2. The molecule has 0 bridgehead atoms. The number of ether oxygens (including phenoxy) is 2. The minimum absolute atomic E-state index is 0.0185. The Morgan fingerprint density at radius 1 is 1.38 bits per heavy atom. The van der Waals surface area contributed by atoms with Gasteiger partial charge in [0, 0.05) is 12.6 Å². The summed E-state index contributed by atoms with van der Waals surface area (Å²) >= 11 is 9.18. The molecule has 10 heteroatoms. The van der Waals surface area contributed by atoms with Crippen molar-refractivity contribution in [1.82, 2.24) is 9.97 Å². The summed E-state index contributed by atoms with van der Waals surface area (Å²) in [4.78, 5) is 32.6. The Labute approximate surface area is 153 Å². The van der Waals surface area contributed by atoms with Crippen molar-refractivity contribution in [3.63, 3.8) is 0 Å². The highest BCUT2D eigenvalue weighted by Crippen LogP contribution is 2.31. The Morgan fingerprint density at radius 2 is 2.00 bits per heavy atom. The average molecular weight is 422 g/mol. The summed E-state index contributed by atoms with van der Waals surface area (Å²) in [5.41, 5.74) is 4.87. The molecule has 0 atom stereocenters. The van der Waals surface area contributed by atoms with Gasteiger partial charge >= 0.3 is 12.1 Å². The van der Waals surface area contributed by atoms with E-state index < -0.39 is 17.7 Å². The molecule has 0 aliphatic carbocycles. The molecule has 0 radical (unpaired) electrons. The van der Waals surface area contributed by atoms with Crippen LogP contribution in [0.1, 0.15) is 20.8 Å². The number of hydrogen-bond donors (Lipinski definition) is 1. The standard InChI is InChI=1S/C14H18BrClN4O4/c1-14(2,3)24-13(22)20(7-5-6-8(21)23-4)11-9(15)10(16)18-12(17)19-11/h5-6H,7H2,1-4H3,(H2,17,18,19). The maximum atomic E-state index is 12.5. The lowest BCUT2D eigenvalue weighted by Gasteiger charge is -2.26. The molecule has 1 rings (SSSR count). The zero-order valence-corrected chi connectivity index (χ0v) is 16.0. The number of aromatic nitrogens is 2. The first-order valence-corrected chi connectivity index (χ1v) is 7.95. The molecule has 24 heavy (non-hydrogen) atoms. The number of amides is 1. The van der Waals surface area contributed by atoms with Crippen molar-refractivity contribution in [2.45, 2.75) is 26.4 Å². The van der Waals surface area contributed by atoms with Gasteiger partial charge in [0.15, 0.2) is 11.0 Å². The zero-order valence-electron chi connectivity index (χ0n) is 13.7. The van der Waals surface area contributed by atoms with E-state index >= 15 is 0 Å². The highest BCUT2D eigenvalue weighted by atomic mass is 79.9. The van der Waals surface area contributed by atoms with Crippen molar-refractivity contribution in [2.24, 2.45) is 0 Å². The van der Waals surface area contributed by atoms with E-state index in [0.29, 0.717) is 0 Å². The van der Waals surface area contributed by atoms with Gasteiger partial charge in [0.1, 0.15) is 5.60 Å². The average Bonchev–Trinajstić information content (AvgIpc) is 2.45. The Bertz CT molecular complexity index is 661. The number of carbonyl (C=O) groups excluding carboxylic acids is 2. The van der Waals surface area contributed by atoms with E-state index in [-0.39, 0.29) is 27.9 Å². The first-order valence-electron chi connectivity index (χ1n) is 6.78. The molecule has 0 fully saturated rings. The molecular weight excluding hydrogens is 404 g/mol. The Balaban J connectivity index is 3.20. The van der Waals surface area contributed by atoms with E-state index in [2.05, 4.69) is 30.6 Å². The van der Waals surface area contributed by atoms with Gasteiger partial charge in [-0.3, -0.25) is 4.90 Å². The third kappa shape index (κ3) is 5.97. The van der Waals surface area contributed by atoms with E-state index in [1.807, 2.05) is 0 Å². The molecule has 0 unspecified atom stereocenters. The fourth-order valence-electron chi connectivity index (χ4n) is 1.49. The van der Waals surface area contributed by atoms with Crippen LogP contribution in [0, 0.1) is 0 Å². The second-order valence-electron chi connectivity index (χ2n) is 5.53. The van der Waals surface area contributed by atoms with Crippen LogP contribution >= 0.6 is 27.5 Å². The van der Waals surface area contributed by atoms with Crippen LogP contribution < -0.4 is 10.6 Å². The van der Waals surface area contributed by atoms with Crippen molar-refractivity contribution in [2.75, 3.05) is 24.3 Å². The second-order valence-corrected chi connectivity index (χ2v) is 6.68. The number of anilines is 2. The number of nitrogens with two attached hydrogens (primary N) is 1. The highest BCUT2D eigenvalue weighted by molar-refractivity contribution is 9.10. The molecule has 0 spiro atoms. The number of methoxy groups -OCH3 is 1. The van der Waals surface area contributed by atoms with Crippen molar-refractivity contribution in [1.29, 1.82) is 0 Å². The van der Waals surface area contributed by atoms with Crippen molar-refractivity contribution in [3.05, 3.63) is 21.8 Å². The predicted octanol–water partition coefficient (Wildman–Crippen LogP) is 2.95. The lowest BCUT2D eigenvalue weighted by Crippen LogP contribution is -2.38. The van der Waals surface area contributed by atoms with Gasteiger partial charge in [-0.05, 0) is 36.7 Å². The van der Waals surface area contributed by atoms with E-state index in [9.17, 15) is 9.59 Å². The van der Waals surface area contributed by atoms with Crippen molar-refractivity contribution in [3.8, 4) is 0 Å². The summed E-state index contributed by atoms with van der Waals surface area (Å²) in [6.45, 7) is 5.16. The summed E-state index contributed by atoms with van der Waals surface area (Å²) < 4.78 is 10.1. The molecule has 0 saturated heterocycles. The quantitative estimate of drug-likeness (QED) is 0.452. The summed E-state index contributed by atoms with van der Waals surface area (Å²) in [5.74, 6) is -0.543. The topological polar surface area (TPSA) is 108 Å². The minimum Gasteiger partial charge on any atom is -0.466 e. The maximum Gasteiger partial charge on any atom is 0.416 e. The van der Waals surface area contributed by atoms with E-state index in [1.165, 1.54) is 24.2 Å². The van der Waals surface area contributed by atoms with E-state index in [1.54, 1.807) is 20.8 Å². The largest absolute Gasteiger partial charge is 0.466 e. The van der Waals surface area contributed by atoms with Gasteiger partial charge in [-0.1, -0.05) is 17.7 Å². The molecule has 0 saturated carbocycles. The van der Waals surface area contributed by atoms with Crippen LogP contribution in [-0.2, 0) is 14.3 Å². The van der Waals surface area contributed by atoms with E-state index in [0.717, 1.165) is 0 Å². The second kappa shape index (κ2) is 8.29. The molecule has 8 nitrogen and oxygen atoms in total. The van der Waals surface area contributed by atoms with Gasteiger partial charge in [0.25, 0.3) is 0 Å². The normalized spacial score (nSPS) is 11.4. The minimum atomic E-state index is -0.726. The van der Waals surface area contributed by atoms with Crippen molar-refractivity contribution >= 4 is 51.4 Å². The van der Waals surface area contributed by atoms with Gasteiger partial charge in [-0.25, -0.2) is 9.59 Å². The molecule has 1 heterocycles. The lowest BCUT2D eigenvalue weighted by molar-refractivity contribution is -0.134. The Hall–Kier alpha value is -1.87. The first kappa shape index (κ1) is 20.2. The zero-order chi connectivity index (χ0) is 18.5. The molecule has 0 aliphatic heterocycles. The van der Waals surface area contributed by atoms with Crippen LogP contribution in [-0.4, -0.2) is 41.3 Å². The number of nitrogen functional groups attached to an aromatic ring is 1. The molecule has 2 N–H and O–H groups in total. The number of carbonyl (C=O) groups is 2. The van der Waals surface area contributed by atoms with Crippen LogP contribution in [0.4, 0.5) is 16.6 Å². The Kier molecular flexibility index (Phi) is 6.97. The fraction of sp³-hybridized carbons (Fsp3) is 0.429. The molecule has 1 aromatic rings. The molecular formula is C14H18BrClN4O4. The number of esters is 1. The molecule has 0 aliphatic rings. The summed E-state index contributed by atoms with van der Waals surface area (Å²) in [7, 11) is 1.25. The van der Waals surface area contributed by atoms with Gasteiger partial charge < -0.3 is 15.2 Å². The summed E-state index contributed by atoms with van der Waals surface area (Å²) in [6.07, 6.45) is 1.91. The first-order chi connectivity index (χ1) is 11.0. The van der Waals surface area contributed by atoms with Crippen LogP contribution in [0.3, 0.4) is 0 Å². The maximum absolute atomic E-state index is 12.5. The number of hydrogen-bond acceptors (Lipinski definition) is 7. The SMILES string of the molecule is COC(=O)C=CCN(C(=O)OC(C)(C)C)c1nc(N)nc(Cl)c1Br. The monoisotopic (exact) mass is 420 g/mol. The van der Waals surface area contributed by atoms with Gasteiger partial charge in [0.2, 0.25) is 5.95 Å². The van der Waals surface area contributed by atoms with Crippen LogP contribution in [0.2, 0.25) is 5.15 Å². The van der Waals surface area contributed by atoms with E-state index in [4.69, 9.17) is 22.1 Å². The number of nitrogens with zero attached hydrogens (tertiary/aromatic N) is 3. The van der Waals surface area contributed by atoms with Crippen LogP contribution in [0.25, 0.3) is 0 Å². The lowest BCUT2D eigenvalue weighted by atomic mass is 10.2. The summed E-state index contributed by atoms with van der Waals surface area (Å²) in [5, 5.41) is 0.0445. The third-order valence-electron chi connectivity index (χ3n) is 2.42. The van der Waals surface area contributed by atoms with Crippen LogP contribution in [0.15, 0.2) is 16.6 Å². The van der Waals surface area contributed by atoms with Gasteiger partial charge in [-0.2, -0.15) is 9.97 Å². The van der Waals surface area contributed by atoms with Crippen LogP contribution in [0.5, 0.6) is 0 Å².